The summed E-state index contributed by atoms with van der Waals surface area (Å²) in [5, 5.41) is 7.99. The van der Waals surface area contributed by atoms with Gasteiger partial charge in [-0.2, -0.15) is 0 Å². The van der Waals surface area contributed by atoms with Crippen LogP contribution in [0.5, 0.6) is 0 Å². The van der Waals surface area contributed by atoms with Crippen molar-refractivity contribution >= 4 is 23.3 Å². The number of benzene rings is 1. The van der Waals surface area contributed by atoms with Gasteiger partial charge < -0.3 is 4.42 Å². The molecule has 0 atom stereocenters. The molecule has 0 fully saturated rings. The summed E-state index contributed by atoms with van der Waals surface area (Å²) in [6.07, 6.45) is 0.598. The maximum atomic E-state index is 5.63. The average Bonchev–Trinajstić information content (AvgIpc) is 2.81. The van der Waals surface area contributed by atoms with Crippen molar-refractivity contribution in [3.05, 3.63) is 36.2 Å². The molecule has 5 heteroatoms. The van der Waals surface area contributed by atoms with Gasteiger partial charge in [0.25, 0.3) is 0 Å². The van der Waals surface area contributed by atoms with Gasteiger partial charge in [-0.25, -0.2) is 0 Å². The van der Waals surface area contributed by atoms with Crippen LogP contribution in [0.25, 0.3) is 0 Å². The molecule has 0 aliphatic rings. The molecular weight excluding hydrogens is 238 g/mol. The van der Waals surface area contributed by atoms with Crippen LogP contribution in [-0.2, 0) is 6.42 Å². The molecule has 2 rings (SSSR count). The van der Waals surface area contributed by atoms with Crippen LogP contribution in [0.2, 0.25) is 0 Å². The second-order valence-electron chi connectivity index (χ2n) is 3.50. The molecule has 1 aromatic heterocycles. The van der Waals surface area contributed by atoms with E-state index < -0.39 is 0 Å². The average molecular weight is 252 g/mol. The van der Waals surface area contributed by atoms with Gasteiger partial charge in [0.15, 0.2) is 0 Å². The topological polar surface area (TPSA) is 42.2 Å². The number of rotatable bonds is 5. The zero-order chi connectivity index (χ0) is 12.1. The third kappa shape index (κ3) is 2.77. The summed E-state index contributed by atoms with van der Waals surface area (Å²) < 4.78 is 5.55. The number of aromatic nitrogens is 2. The van der Waals surface area contributed by atoms with Crippen LogP contribution in [-0.4, -0.2) is 22.6 Å². The maximum Gasteiger partial charge on any atom is 0.322 e. The first kappa shape index (κ1) is 11.9. The maximum absolute atomic E-state index is 5.63. The summed E-state index contributed by atoms with van der Waals surface area (Å²) >= 11 is 5.63. The third-order valence-electron chi connectivity index (χ3n) is 2.38. The Kier molecular flexibility index (Phi) is 3.98. The third-order valence-corrected chi connectivity index (χ3v) is 2.57. The Bertz CT molecular complexity index is 458. The van der Waals surface area contributed by atoms with E-state index in [4.69, 9.17) is 16.0 Å². The van der Waals surface area contributed by atoms with Crippen molar-refractivity contribution in [2.45, 2.75) is 13.3 Å². The first-order valence-corrected chi connectivity index (χ1v) is 6.09. The van der Waals surface area contributed by atoms with Gasteiger partial charge in [-0.1, -0.05) is 23.3 Å². The number of aryl methyl sites for hydroxylation is 1. The van der Waals surface area contributed by atoms with Crippen molar-refractivity contribution < 1.29 is 4.42 Å². The van der Waals surface area contributed by atoms with Crippen molar-refractivity contribution in [2.24, 2.45) is 0 Å². The van der Waals surface area contributed by atoms with Crippen molar-refractivity contribution in [1.29, 1.82) is 0 Å². The van der Waals surface area contributed by atoms with E-state index in [9.17, 15) is 0 Å². The lowest BCUT2D eigenvalue weighted by molar-refractivity contribution is 0.502. The van der Waals surface area contributed by atoms with Gasteiger partial charge in [0.1, 0.15) is 0 Å². The quantitative estimate of drug-likeness (QED) is 0.766. The van der Waals surface area contributed by atoms with E-state index in [-0.39, 0.29) is 0 Å². The largest absolute Gasteiger partial charge is 0.408 e. The molecule has 4 nitrogen and oxygen atoms in total. The lowest BCUT2D eigenvalue weighted by Crippen LogP contribution is -2.16. The summed E-state index contributed by atoms with van der Waals surface area (Å²) in [6, 6.07) is 10.5. The van der Waals surface area contributed by atoms with Gasteiger partial charge in [0.2, 0.25) is 5.89 Å². The van der Waals surface area contributed by atoms with Gasteiger partial charge in [-0.15, -0.1) is 16.7 Å². The minimum atomic E-state index is 0.485. The lowest BCUT2D eigenvalue weighted by atomic mass is 10.3. The zero-order valence-electron chi connectivity index (χ0n) is 9.64. The summed E-state index contributed by atoms with van der Waals surface area (Å²) in [5.74, 6) is 1.06. The smallest absolute Gasteiger partial charge is 0.322 e. The minimum Gasteiger partial charge on any atom is -0.408 e. The molecule has 0 saturated heterocycles. The fraction of sp³-hybridized carbons (Fsp3) is 0.333. The van der Waals surface area contributed by atoms with Crippen LogP contribution >= 0.6 is 11.6 Å². The molecule has 0 bridgehead atoms. The highest BCUT2D eigenvalue weighted by Gasteiger charge is 2.14. The van der Waals surface area contributed by atoms with Crippen LogP contribution in [0.15, 0.2) is 34.7 Å². The number of nitrogens with zero attached hydrogens (tertiary/aromatic N) is 3. The zero-order valence-corrected chi connectivity index (χ0v) is 10.4. The molecule has 0 amide bonds. The molecule has 0 N–H and O–H groups in total. The number of anilines is 2. The van der Waals surface area contributed by atoms with Crippen LogP contribution in [0.1, 0.15) is 12.8 Å². The second-order valence-corrected chi connectivity index (χ2v) is 3.88. The van der Waals surface area contributed by atoms with Gasteiger partial charge in [-0.05, 0) is 19.1 Å². The molecular formula is C12H14ClN3O. The Hall–Kier alpha value is -1.55. The van der Waals surface area contributed by atoms with E-state index in [0.29, 0.717) is 24.2 Å². The summed E-state index contributed by atoms with van der Waals surface area (Å²) in [4.78, 5) is 1.96. The summed E-state index contributed by atoms with van der Waals surface area (Å²) in [5.41, 5.74) is 1.04. The fourth-order valence-electron chi connectivity index (χ4n) is 1.57. The monoisotopic (exact) mass is 251 g/mol. The fourth-order valence-corrected chi connectivity index (χ4v) is 1.73. The molecule has 0 saturated carbocycles. The molecule has 0 unspecified atom stereocenters. The Morgan fingerprint density at radius 2 is 2.00 bits per heavy atom. The van der Waals surface area contributed by atoms with Gasteiger partial charge in [-0.3, -0.25) is 4.90 Å². The lowest BCUT2D eigenvalue weighted by Gasteiger charge is -2.17. The molecule has 2 aromatic rings. The Labute approximate surface area is 105 Å². The van der Waals surface area contributed by atoms with Crippen molar-refractivity contribution in [3.63, 3.8) is 0 Å². The normalized spacial score (nSPS) is 10.5. The van der Waals surface area contributed by atoms with E-state index in [0.717, 1.165) is 12.2 Å². The van der Waals surface area contributed by atoms with Crippen LogP contribution in [0.4, 0.5) is 11.7 Å². The van der Waals surface area contributed by atoms with E-state index >= 15 is 0 Å². The van der Waals surface area contributed by atoms with Crippen molar-refractivity contribution in [1.82, 2.24) is 10.2 Å². The van der Waals surface area contributed by atoms with E-state index in [2.05, 4.69) is 10.2 Å². The van der Waals surface area contributed by atoms with Crippen molar-refractivity contribution in [2.75, 3.05) is 17.3 Å². The van der Waals surface area contributed by atoms with Gasteiger partial charge in [0, 0.05) is 24.5 Å². The first-order valence-electron chi connectivity index (χ1n) is 5.56. The molecule has 1 aromatic carbocycles. The van der Waals surface area contributed by atoms with Crippen LogP contribution in [0, 0.1) is 0 Å². The molecule has 0 radical (unpaired) electrons. The first-order chi connectivity index (χ1) is 8.35. The van der Waals surface area contributed by atoms with Crippen LogP contribution in [0.3, 0.4) is 0 Å². The van der Waals surface area contributed by atoms with Gasteiger partial charge >= 0.3 is 6.01 Å². The predicted molar refractivity (Wildman–Crippen MR) is 67.8 cm³/mol. The highest BCUT2D eigenvalue weighted by atomic mass is 35.5. The number of hydrogen-bond donors (Lipinski definition) is 0. The van der Waals surface area contributed by atoms with Crippen molar-refractivity contribution in [3.8, 4) is 0 Å². The Balaban J connectivity index is 2.23. The van der Waals surface area contributed by atoms with E-state index in [1.807, 2.05) is 42.2 Å². The Morgan fingerprint density at radius 1 is 1.24 bits per heavy atom. The molecule has 90 valence electrons. The highest BCUT2D eigenvalue weighted by Crippen LogP contribution is 2.23. The molecule has 0 spiro atoms. The van der Waals surface area contributed by atoms with Crippen LogP contribution < -0.4 is 4.90 Å². The predicted octanol–water partition coefficient (Wildman–Crippen LogP) is 3.01. The molecule has 0 aliphatic carbocycles. The SMILES string of the molecule is CCN(c1ccccc1)c1nnc(CCCl)o1. The van der Waals surface area contributed by atoms with Gasteiger partial charge in [0.05, 0.1) is 0 Å². The highest BCUT2D eigenvalue weighted by molar-refractivity contribution is 6.17. The van der Waals surface area contributed by atoms with E-state index in [1.165, 1.54) is 0 Å². The standard InChI is InChI=1S/C12H14ClN3O/c1-2-16(10-6-4-3-5-7-10)12-15-14-11(17-12)8-9-13/h3-7H,2,8-9H2,1H3. The number of alkyl halides is 1. The number of para-hydroxylation sites is 1. The molecule has 1 heterocycles. The summed E-state index contributed by atoms with van der Waals surface area (Å²) in [7, 11) is 0. The van der Waals surface area contributed by atoms with E-state index in [1.54, 1.807) is 0 Å². The molecule has 17 heavy (non-hydrogen) atoms. The number of halogens is 1. The minimum absolute atomic E-state index is 0.485. The summed E-state index contributed by atoms with van der Waals surface area (Å²) in [6.45, 7) is 2.81. The number of hydrogen-bond acceptors (Lipinski definition) is 4. The second kappa shape index (κ2) is 5.68. The molecule has 0 aliphatic heterocycles. The Morgan fingerprint density at radius 3 is 2.65 bits per heavy atom.